The standard InChI is InChI=1S/C26H29NO8/c1-13-20(22(24(32)33)27-21(13)19(14(2)29)23(27)31)25(12-28)7-9-26(34,10-8-25)16-5-3-15-4-6-18(30)35-17(15)11-16/h3-6,11,13-14,19,21,28-29,34H,7-10,12H2,1-2H3,(H,32,33)/t13-,14+,19+,21+,25?,26?/m0/s1. The molecule has 9 nitrogen and oxygen atoms in total. The maximum Gasteiger partial charge on any atom is 0.352 e. The molecule has 1 saturated heterocycles. The molecule has 2 fully saturated rings. The van der Waals surface area contributed by atoms with Gasteiger partial charge in [0.15, 0.2) is 0 Å². The van der Waals surface area contributed by atoms with Gasteiger partial charge < -0.3 is 29.7 Å². The van der Waals surface area contributed by atoms with Crippen LogP contribution in [0.5, 0.6) is 0 Å². The van der Waals surface area contributed by atoms with Gasteiger partial charge in [-0.05, 0) is 55.9 Å². The number of hydrogen-bond acceptors (Lipinski definition) is 7. The Morgan fingerprint density at radius 2 is 1.83 bits per heavy atom. The van der Waals surface area contributed by atoms with Crippen LogP contribution < -0.4 is 5.63 Å². The van der Waals surface area contributed by atoms with Crippen molar-refractivity contribution in [3.8, 4) is 0 Å². The number of nitrogens with zero attached hydrogens (tertiary/aromatic N) is 1. The summed E-state index contributed by atoms with van der Waals surface area (Å²) in [4.78, 5) is 37.9. The van der Waals surface area contributed by atoms with Crippen molar-refractivity contribution in [3.63, 3.8) is 0 Å². The minimum absolute atomic E-state index is 0.101. The van der Waals surface area contributed by atoms with Gasteiger partial charge in [-0.15, -0.1) is 0 Å². The van der Waals surface area contributed by atoms with Gasteiger partial charge in [0.1, 0.15) is 11.3 Å². The molecule has 5 rings (SSSR count). The molecule has 0 radical (unpaired) electrons. The molecule has 3 heterocycles. The Morgan fingerprint density at radius 1 is 1.17 bits per heavy atom. The average molecular weight is 484 g/mol. The lowest BCUT2D eigenvalue weighted by atomic mass is 9.60. The number of aliphatic hydroxyl groups excluding tert-OH is 2. The second-order valence-corrected chi connectivity index (χ2v) is 10.3. The van der Waals surface area contributed by atoms with E-state index in [1.807, 2.05) is 6.92 Å². The highest BCUT2D eigenvalue weighted by atomic mass is 16.4. The SMILES string of the molecule is C[C@@H](O)[C@H]1C(=O)N2C(C(=O)O)=C(C3(CO)CCC(O)(c4ccc5ccc(=O)oc5c4)CC3)[C@H](C)[C@H]12. The maximum absolute atomic E-state index is 12.7. The Balaban J connectivity index is 1.49. The summed E-state index contributed by atoms with van der Waals surface area (Å²) in [7, 11) is 0. The number of fused-ring (bicyclic) bond motifs is 2. The zero-order valence-corrected chi connectivity index (χ0v) is 19.6. The molecule has 2 aromatic rings. The van der Waals surface area contributed by atoms with Crippen LogP contribution in [0.2, 0.25) is 0 Å². The molecule has 1 amide bonds. The van der Waals surface area contributed by atoms with E-state index in [-0.39, 0.29) is 31.1 Å². The summed E-state index contributed by atoms with van der Waals surface area (Å²) in [6.45, 7) is 3.05. The normalized spacial score (nSPS) is 33.6. The topological polar surface area (TPSA) is 149 Å². The third kappa shape index (κ3) is 3.36. The molecule has 1 saturated carbocycles. The van der Waals surface area contributed by atoms with Gasteiger partial charge in [-0.3, -0.25) is 4.79 Å². The summed E-state index contributed by atoms with van der Waals surface area (Å²) < 4.78 is 5.27. The van der Waals surface area contributed by atoms with E-state index >= 15 is 0 Å². The highest BCUT2D eigenvalue weighted by molar-refractivity contribution is 6.00. The van der Waals surface area contributed by atoms with Gasteiger partial charge in [-0.25, -0.2) is 9.59 Å². The van der Waals surface area contributed by atoms with Gasteiger partial charge in [0, 0.05) is 22.8 Å². The lowest BCUT2D eigenvalue weighted by molar-refractivity contribution is -0.163. The highest BCUT2D eigenvalue weighted by Crippen LogP contribution is 2.58. The first kappa shape index (κ1) is 23.7. The van der Waals surface area contributed by atoms with Crippen LogP contribution in [-0.2, 0) is 15.2 Å². The van der Waals surface area contributed by atoms with Gasteiger partial charge >= 0.3 is 11.6 Å². The summed E-state index contributed by atoms with van der Waals surface area (Å²) in [5.41, 5.74) is -1.27. The van der Waals surface area contributed by atoms with E-state index in [1.54, 1.807) is 24.3 Å². The van der Waals surface area contributed by atoms with E-state index in [1.165, 1.54) is 17.9 Å². The average Bonchev–Trinajstić information content (AvgIpc) is 3.08. The molecule has 1 aliphatic carbocycles. The van der Waals surface area contributed by atoms with Crippen LogP contribution >= 0.6 is 0 Å². The van der Waals surface area contributed by atoms with Crippen molar-refractivity contribution >= 4 is 22.8 Å². The molecule has 1 aromatic heterocycles. The Hall–Kier alpha value is -3.01. The number of carbonyl (C=O) groups excluding carboxylic acids is 1. The van der Waals surface area contributed by atoms with Crippen LogP contribution in [0.4, 0.5) is 0 Å². The smallest absolute Gasteiger partial charge is 0.352 e. The first-order valence-electron chi connectivity index (χ1n) is 11.9. The summed E-state index contributed by atoms with van der Waals surface area (Å²) in [5, 5.41) is 43.0. The molecule has 186 valence electrons. The zero-order valence-electron chi connectivity index (χ0n) is 19.6. The van der Waals surface area contributed by atoms with E-state index in [4.69, 9.17) is 4.42 Å². The van der Waals surface area contributed by atoms with E-state index < -0.39 is 46.6 Å². The van der Waals surface area contributed by atoms with Crippen LogP contribution in [0.15, 0.2) is 50.8 Å². The van der Waals surface area contributed by atoms with Crippen LogP contribution in [-0.4, -0.2) is 56.0 Å². The number of amides is 1. The van der Waals surface area contributed by atoms with Crippen LogP contribution in [0.1, 0.15) is 45.1 Å². The number of aliphatic carboxylic acids is 1. The fraction of sp³-hybridized carbons (Fsp3) is 0.500. The molecule has 9 heteroatoms. The lowest BCUT2D eigenvalue weighted by Gasteiger charge is -2.47. The minimum atomic E-state index is -1.25. The molecule has 0 unspecified atom stereocenters. The molecule has 4 N–H and O–H groups in total. The number of aliphatic hydroxyl groups is 3. The van der Waals surface area contributed by atoms with Gasteiger partial charge in [0.25, 0.3) is 0 Å². The van der Waals surface area contributed by atoms with Crippen LogP contribution in [0, 0.1) is 17.3 Å². The Kier molecular flexibility index (Phi) is 5.43. The van der Waals surface area contributed by atoms with Crippen molar-refractivity contribution in [2.24, 2.45) is 17.3 Å². The number of hydrogen-bond donors (Lipinski definition) is 4. The molecule has 4 atom stereocenters. The zero-order chi connectivity index (χ0) is 25.3. The third-order valence-electron chi connectivity index (χ3n) is 8.44. The predicted octanol–water partition coefficient (Wildman–Crippen LogP) is 1.73. The molecule has 35 heavy (non-hydrogen) atoms. The van der Waals surface area contributed by atoms with Crippen molar-refractivity contribution in [2.45, 2.75) is 57.3 Å². The first-order valence-corrected chi connectivity index (χ1v) is 11.9. The maximum atomic E-state index is 12.7. The monoisotopic (exact) mass is 483 g/mol. The summed E-state index contributed by atoms with van der Waals surface area (Å²) in [6.07, 6.45) is 0.202. The van der Waals surface area contributed by atoms with Crippen molar-refractivity contribution in [2.75, 3.05) is 6.61 Å². The Morgan fingerprint density at radius 3 is 2.43 bits per heavy atom. The summed E-state index contributed by atoms with van der Waals surface area (Å²) in [6, 6.07) is 7.73. The van der Waals surface area contributed by atoms with Crippen molar-refractivity contribution in [1.82, 2.24) is 4.90 Å². The molecule has 3 aliphatic rings. The third-order valence-corrected chi connectivity index (χ3v) is 8.44. The summed E-state index contributed by atoms with van der Waals surface area (Å²) in [5.74, 6) is -2.68. The minimum Gasteiger partial charge on any atom is -0.477 e. The largest absolute Gasteiger partial charge is 0.477 e. The molecular weight excluding hydrogens is 454 g/mol. The lowest BCUT2D eigenvalue weighted by Crippen LogP contribution is -2.63. The van der Waals surface area contributed by atoms with Crippen LogP contribution in [0.25, 0.3) is 11.0 Å². The molecule has 0 bridgehead atoms. The highest BCUT2D eigenvalue weighted by Gasteiger charge is 2.63. The Labute approximate surface area is 201 Å². The van der Waals surface area contributed by atoms with Crippen molar-refractivity contribution < 1.29 is 34.4 Å². The predicted molar refractivity (Wildman–Crippen MR) is 124 cm³/mol. The second-order valence-electron chi connectivity index (χ2n) is 10.3. The number of carboxylic acid groups (broad SMARTS) is 1. The molecule has 1 aromatic carbocycles. The number of β-lactam (4-membered cyclic amide) rings is 1. The number of benzene rings is 1. The van der Waals surface area contributed by atoms with Crippen molar-refractivity contribution in [1.29, 1.82) is 0 Å². The number of carboxylic acids is 1. The molecular formula is C26H29NO8. The second kappa shape index (κ2) is 8.01. The van der Waals surface area contributed by atoms with Gasteiger partial charge in [-0.2, -0.15) is 0 Å². The fourth-order valence-corrected chi connectivity index (χ4v) is 6.58. The fourth-order valence-electron chi connectivity index (χ4n) is 6.58. The van der Waals surface area contributed by atoms with E-state index in [0.29, 0.717) is 29.6 Å². The van der Waals surface area contributed by atoms with Crippen LogP contribution in [0.3, 0.4) is 0 Å². The number of carbonyl (C=O) groups is 2. The van der Waals surface area contributed by atoms with E-state index in [2.05, 4.69) is 0 Å². The van der Waals surface area contributed by atoms with Gasteiger partial charge in [-0.1, -0.05) is 19.1 Å². The van der Waals surface area contributed by atoms with Gasteiger partial charge in [0.2, 0.25) is 5.91 Å². The van der Waals surface area contributed by atoms with E-state index in [0.717, 1.165) is 5.39 Å². The summed E-state index contributed by atoms with van der Waals surface area (Å²) >= 11 is 0. The Bertz CT molecular complexity index is 1300. The molecule has 0 spiro atoms. The quantitative estimate of drug-likeness (QED) is 0.371. The van der Waals surface area contributed by atoms with Crippen molar-refractivity contribution in [3.05, 3.63) is 57.6 Å². The van der Waals surface area contributed by atoms with E-state index in [9.17, 15) is 34.8 Å². The van der Waals surface area contributed by atoms with Gasteiger partial charge in [0.05, 0.1) is 30.3 Å². The number of rotatable bonds is 5. The first-order chi connectivity index (χ1) is 16.5. The molecule has 2 aliphatic heterocycles.